The Labute approximate surface area is 127 Å². The molecule has 20 heavy (non-hydrogen) atoms. The predicted molar refractivity (Wildman–Crippen MR) is 91.0 cm³/mol. The van der Waals surface area contributed by atoms with Crippen molar-refractivity contribution in [2.45, 2.75) is 90.8 Å². The van der Waals surface area contributed by atoms with Gasteiger partial charge in [0.1, 0.15) is 0 Å². The van der Waals surface area contributed by atoms with Crippen molar-refractivity contribution >= 4 is 22.6 Å². The normalized spacial score (nSPS) is 14.2. The maximum atomic E-state index is 11.6. The Bertz CT molecular complexity index is 280. The fraction of sp³-hybridized carbons (Fsp3) is 0.933. The molecule has 3 nitrogen and oxygen atoms in total. The number of unbranched alkanes of at least 4 members (excludes halogenated alkanes) is 2. The van der Waals surface area contributed by atoms with E-state index in [1.54, 1.807) is 0 Å². The second-order valence-electron chi connectivity index (χ2n) is 7.45. The van der Waals surface area contributed by atoms with E-state index in [4.69, 9.17) is 8.85 Å². The second-order valence-corrected chi connectivity index (χ2v) is 16.3. The third kappa shape index (κ3) is 12.9. The Balaban J connectivity index is 3.72. The Morgan fingerprint density at radius 1 is 0.950 bits per heavy atom. The zero-order valence-corrected chi connectivity index (χ0v) is 16.5. The summed E-state index contributed by atoms with van der Waals surface area (Å²) in [6.45, 7) is 15.0. The monoisotopic (exact) mass is 318 g/mol. The van der Waals surface area contributed by atoms with Gasteiger partial charge in [-0.2, -0.15) is 0 Å². The number of rotatable bonds is 10. The van der Waals surface area contributed by atoms with E-state index in [1.165, 1.54) is 0 Å². The van der Waals surface area contributed by atoms with E-state index in [0.717, 1.165) is 32.1 Å². The van der Waals surface area contributed by atoms with Crippen LogP contribution in [0.2, 0.25) is 39.3 Å². The molecule has 0 aromatic carbocycles. The van der Waals surface area contributed by atoms with Crippen molar-refractivity contribution in [2.24, 2.45) is 0 Å². The summed E-state index contributed by atoms with van der Waals surface area (Å²) in [4.78, 5) is 11.6. The molecule has 0 heterocycles. The van der Waals surface area contributed by atoms with Gasteiger partial charge in [-0.25, -0.2) is 0 Å². The summed E-state index contributed by atoms with van der Waals surface area (Å²) in [5.74, 6) is -0.0189. The molecule has 0 aromatic rings. The van der Waals surface area contributed by atoms with E-state index in [2.05, 4.69) is 26.6 Å². The Hall–Kier alpha value is -0.136. The number of carbonyl (C=O) groups is 1. The van der Waals surface area contributed by atoms with E-state index < -0.39 is 16.6 Å². The van der Waals surface area contributed by atoms with E-state index in [-0.39, 0.29) is 5.97 Å². The fourth-order valence-electron chi connectivity index (χ4n) is 2.06. The van der Waals surface area contributed by atoms with Crippen molar-refractivity contribution < 1.29 is 13.6 Å². The molecular weight excluding hydrogens is 284 g/mol. The summed E-state index contributed by atoms with van der Waals surface area (Å²) in [5.41, 5.74) is 0. The van der Waals surface area contributed by atoms with E-state index >= 15 is 0 Å². The minimum absolute atomic E-state index is 0.0189. The minimum Gasteiger partial charge on any atom is -0.520 e. The molecule has 0 aliphatic rings. The summed E-state index contributed by atoms with van der Waals surface area (Å²) in [6, 6.07) is 0. The molecule has 120 valence electrons. The van der Waals surface area contributed by atoms with Crippen LogP contribution in [0.15, 0.2) is 0 Å². The number of hydrogen-bond acceptors (Lipinski definition) is 3. The van der Waals surface area contributed by atoms with Gasteiger partial charge in [-0.15, -0.1) is 0 Å². The maximum absolute atomic E-state index is 11.6. The molecule has 1 unspecified atom stereocenters. The van der Waals surface area contributed by atoms with Gasteiger partial charge in [-0.05, 0) is 58.5 Å². The van der Waals surface area contributed by atoms with Gasteiger partial charge in [-0.3, -0.25) is 4.79 Å². The fourth-order valence-corrected chi connectivity index (χ4v) is 4.13. The Kier molecular flexibility index (Phi) is 8.94. The maximum Gasteiger partial charge on any atom is 0.292 e. The molecule has 0 amide bonds. The van der Waals surface area contributed by atoms with Crippen molar-refractivity contribution in [1.82, 2.24) is 0 Å². The summed E-state index contributed by atoms with van der Waals surface area (Å²) in [7, 11) is -3.13. The molecular formula is C15H34O3Si2. The molecule has 0 aliphatic carbocycles. The molecule has 0 radical (unpaired) electrons. The van der Waals surface area contributed by atoms with Crippen molar-refractivity contribution in [3.05, 3.63) is 0 Å². The quantitative estimate of drug-likeness (QED) is 0.422. The van der Waals surface area contributed by atoms with Gasteiger partial charge in [0.2, 0.25) is 8.32 Å². The summed E-state index contributed by atoms with van der Waals surface area (Å²) < 4.78 is 11.6. The van der Waals surface area contributed by atoms with Crippen LogP contribution in [0.25, 0.3) is 0 Å². The molecule has 0 aromatic heterocycles. The summed E-state index contributed by atoms with van der Waals surface area (Å²) in [5, 5.41) is 0. The first-order chi connectivity index (χ1) is 9.03. The van der Waals surface area contributed by atoms with Crippen LogP contribution < -0.4 is 0 Å². The van der Waals surface area contributed by atoms with Gasteiger partial charge in [0.25, 0.3) is 5.97 Å². The van der Waals surface area contributed by atoms with E-state index in [1.807, 2.05) is 19.6 Å². The van der Waals surface area contributed by atoms with Crippen LogP contribution in [0.4, 0.5) is 0 Å². The number of hydrogen-bond donors (Lipinski definition) is 0. The second kappa shape index (κ2) is 9.00. The zero-order valence-electron chi connectivity index (χ0n) is 14.5. The standard InChI is InChI=1S/C15H34O3Si2/c1-8-14(17-19(2,3)4)12-10-9-11-13-15(16)18-20(5,6)7/h14H,8-13H2,1-7H3. The average Bonchev–Trinajstić information content (AvgIpc) is 2.22. The molecule has 0 N–H and O–H groups in total. The Morgan fingerprint density at radius 2 is 1.55 bits per heavy atom. The van der Waals surface area contributed by atoms with Gasteiger partial charge in [0.05, 0.1) is 0 Å². The van der Waals surface area contributed by atoms with E-state index in [0.29, 0.717) is 12.5 Å². The third-order valence-corrected chi connectivity index (χ3v) is 4.68. The van der Waals surface area contributed by atoms with E-state index in [9.17, 15) is 4.79 Å². The van der Waals surface area contributed by atoms with Gasteiger partial charge < -0.3 is 8.85 Å². The highest BCUT2D eigenvalue weighted by atomic mass is 28.4. The SMILES string of the molecule is CCC(CCCCCC(=O)O[Si](C)(C)C)O[Si](C)(C)C. The molecule has 0 saturated heterocycles. The molecule has 0 spiro atoms. The first-order valence-electron chi connectivity index (χ1n) is 7.93. The highest BCUT2D eigenvalue weighted by molar-refractivity contribution is 6.71. The lowest BCUT2D eigenvalue weighted by atomic mass is 10.1. The van der Waals surface area contributed by atoms with Crippen LogP contribution in [-0.2, 0) is 13.6 Å². The van der Waals surface area contributed by atoms with Crippen LogP contribution in [0.5, 0.6) is 0 Å². The largest absolute Gasteiger partial charge is 0.520 e. The highest BCUT2D eigenvalue weighted by Crippen LogP contribution is 2.16. The smallest absolute Gasteiger partial charge is 0.292 e. The lowest BCUT2D eigenvalue weighted by Crippen LogP contribution is -2.31. The van der Waals surface area contributed by atoms with Crippen LogP contribution in [0.3, 0.4) is 0 Å². The molecule has 5 heteroatoms. The van der Waals surface area contributed by atoms with Gasteiger partial charge in [-0.1, -0.05) is 19.8 Å². The van der Waals surface area contributed by atoms with Crippen LogP contribution >= 0.6 is 0 Å². The van der Waals surface area contributed by atoms with Crippen LogP contribution in [0, 0.1) is 0 Å². The van der Waals surface area contributed by atoms with Gasteiger partial charge in [0, 0.05) is 12.5 Å². The molecule has 0 bridgehead atoms. The summed E-state index contributed by atoms with van der Waals surface area (Å²) >= 11 is 0. The summed E-state index contributed by atoms with van der Waals surface area (Å²) in [6.07, 6.45) is 6.33. The topological polar surface area (TPSA) is 35.5 Å². The number of carbonyl (C=O) groups excluding carboxylic acids is 1. The van der Waals surface area contributed by atoms with Crippen molar-refractivity contribution in [3.63, 3.8) is 0 Å². The highest BCUT2D eigenvalue weighted by Gasteiger charge is 2.20. The molecule has 0 rings (SSSR count). The van der Waals surface area contributed by atoms with Crippen molar-refractivity contribution in [2.75, 3.05) is 0 Å². The van der Waals surface area contributed by atoms with Crippen molar-refractivity contribution in [1.29, 1.82) is 0 Å². The van der Waals surface area contributed by atoms with Crippen molar-refractivity contribution in [3.8, 4) is 0 Å². The Morgan fingerprint density at radius 3 is 2.00 bits per heavy atom. The first-order valence-corrected chi connectivity index (χ1v) is 14.7. The molecule has 0 aliphatic heterocycles. The predicted octanol–water partition coefficient (Wildman–Crippen LogP) is 4.95. The average molecular weight is 319 g/mol. The molecule has 1 atom stereocenters. The van der Waals surface area contributed by atoms with Crippen LogP contribution in [-0.4, -0.2) is 28.7 Å². The van der Waals surface area contributed by atoms with Gasteiger partial charge >= 0.3 is 0 Å². The molecule has 0 fully saturated rings. The molecule has 0 saturated carbocycles. The lowest BCUT2D eigenvalue weighted by molar-refractivity contribution is -0.135. The zero-order chi connectivity index (χ0) is 15.8. The van der Waals surface area contributed by atoms with Crippen LogP contribution in [0.1, 0.15) is 45.4 Å². The third-order valence-electron chi connectivity index (χ3n) is 2.80. The minimum atomic E-state index is -1.70. The lowest BCUT2D eigenvalue weighted by Gasteiger charge is -2.25. The first kappa shape index (κ1) is 19.9. The van der Waals surface area contributed by atoms with Gasteiger partial charge in [0.15, 0.2) is 8.32 Å².